The minimum atomic E-state index is 0.321. The molecule has 6 heteroatoms. The third-order valence-electron chi connectivity index (χ3n) is 2.07. The Morgan fingerprint density at radius 3 is 2.08 bits per heavy atom. The van der Waals surface area contributed by atoms with Crippen molar-refractivity contribution in [1.82, 2.24) is 0 Å². The Kier molecular flexibility index (Phi) is 4.04. The highest BCUT2D eigenvalue weighted by atomic mass is 32.3. The molecule has 2 heterocycles. The zero-order valence-corrected chi connectivity index (χ0v) is 12.1. The van der Waals surface area contributed by atoms with E-state index in [1.54, 1.807) is 0 Å². The topological polar surface area (TPSA) is 0 Å². The molecule has 2 saturated heterocycles. The summed E-state index contributed by atoms with van der Waals surface area (Å²) in [4.78, 5) is 0. The summed E-state index contributed by atoms with van der Waals surface area (Å²) in [5.41, 5.74) is 0. The van der Waals surface area contributed by atoms with Gasteiger partial charge in [-0.25, -0.2) is 0 Å². The summed E-state index contributed by atoms with van der Waals surface area (Å²) in [6.07, 6.45) is 0. The summed E-state index contributed by atoms with van der Waals surface area (Å²) in [5.74, 6) is 5.73. The maximum atomic E-state index is 4.46. The lowest BCUT2D eigenvalue weighted by molar-refractivity contribution is 0.861. The van der Waals surface area contributed by atoms with Crippen molar-refractivity contribution in [1.29, 1.82) is 0 Å². The van der Waals surface area contributed by atoms with Gasteiger partial charge in [-0.3, -0.25) is 0 Å². The molecule has 0 aromatic heterocycles. The second-order valence-electron chi connectivity index (χ2n) is 3.09. The Labute approximate surface area is 108 Å². The van der Waals surface area contributed by atoms with E-state index in [1.807, 2.05) is 0 Å². The molecular weight excluding hydrogens is 276 g/mol. The van der Waals surface area contributed by atoms with Gasteiger partial charge in [-0.2, -0.15) is 25.3 Å². The van der Waals surface area contributed by atoms with Crippen LogP contribution in [0.5, 0.6) is 0 Å². The summed E-state index contributed by atoms with van der Waals surface area (Å²) in [6.45, 7) is 0. The van der Waals surface area contributed by atoms with E-state index in [0.29, 0.717) is 7.49 Å². The normalized spacial score (nSPS) is 30.0. The molecule has 0 atom stereocenters. The van der Waals surface area contributed by atoms with Gasteiger partial charge in [-0.1, -0.05) is 0 Å². The molecular formula is C7H12S6. The van der Waals surface area contributed by atoms with Crippen LogP contribution in [0.15, 0.2) is 0 Å². The molecule has 13 heavy (non-hydrogen) atoms. The van der Waals surface area contributed by atoms with Gasteiger partial charge in [0.2, 0.25) is 0 Å². The van der Waals surface area contributed by atoms with Gasteiger partial charge in [0.25, 0.3) is 0 Å². The molecule has 0 aromatic rings. The van der Waals surface area contributed by atoms with Crippen LogP contribution in [0, 0.1) is 0 Å². The second-order valence-corrected chi connectivity index (χ2v) is 10.8. The molecule has 0 aliphatic carbocycles. The van der Waals surface area contributed by atoms with E-state index >= 15 is 0 Å². The Morgan fingerprint density at radius 1 is 1.00 bits per heavy atom. The van der Waals surface area contributed by atoms with E-state index in [9.17, 15) is 0 Å². The SMILES string of the molecule is SCC1(CS)CSC2(SCCS2)S1. The van der Waals surface area contributed by atoms with E-state index in [0.717, 1.165) is 11.5 Å². The fourth-order valence-electron chi connectivity index (χ4n) is 1.27. The van der Waals surface area contributed by atoms with Gasteiger partial charge in [0, 0.05) is 33.5 Å². The highest BCUT2D eigenvalue weighted by molar-refractivity contribution is 8.50. The first-order valence-corrected chi connectivity index (χ1v) is 9.12. The van der Waals surface area contributed by atoms with E-state index in [4.69, 9.17) is 0 Å². The smallest absolute Gasteiger partial charge is 0.154 e. The van der Waals surface area contributed by atoms with Crippen LogP contribution in [-0.2, 0) is 0 Å². The fraction of sp³-hybridized carbons (Fsp3) is 1.00. The van der Waals surface area contributed by atoms with Gasteiger partial charge in [-0.15, -0.1) is 47.0 Å². The van der Waals surface area contributed by atoms with Crippen molar-refractivity contribution in [3.63, 3.8) is 0 Å². The molecule has 76 valence electrons. The predicted octanol–water partition coefficient (Wildman–Crippen LogP) is 3.16. The van der Waals surface area contributed by atoms with Crippen molar-refractivity contribution in [2.75, 3.05) is 28.8 Å². The van der Waals surface area contributed by atoms with Gasteiger partial charge in [-0.05, 0) is 0 Å². The summed E-state index contributed by atoms with van der Waals surface area (Å²) in [7, 11) is 0. The van der Waals surface area contributed by atoms with Crippen LogP contribution >= 0.6 is 72.3 Å². The molecule has 0 saturated carbocycles. The number of thioether (sulfide) groups is 4. The number of rotatable bonds is 2. The summed E-state index contributed by atoms with van der Waals surface area (Å²) in [5, 5.41) is 0. The molecule has 2 rings (SSSR count). The van der Waals surface area contributed by atoms with Crippen LogP contribution in [0.4, 0.5) is 0 Å². The van der Waals surface area contributed by atoms with Crippen LogP contribution in [0.1, 0.15) is 0 Å². The molecule has 0 N–H and O–H groups in total. The summed E-state index contributed by atoms with van der Waals surface area (Å²) in [6, 6.07) is 0. The van der Waals surface area contributed by atoms with Crippen molar-refractivity contribution < 1.29 is 0 Å². The highest BCUT2D eigenvalue weighted by Gasteiger charge is 2.51. The zero-order chi connectivity index (χ0) is 9.36. The fourth-order valence-corrected chi connectivity index (χ4v) is 10.8. The Hall–Kier alpha value is 2.10. The number of hydrogen-bond acceptors (Lipinski definition) is 6. The standard InChI is InChI=1S/C7H12S6/c8-3-6(4-9)5-12-7(13-6)10-1-2-11-7/h8-9H,1-5H2. The van der Waals surface area contributed by atoms with E-state index < -0.39 is 0 Å². The molecule has 0 amide bonds. The molecule has 0 nitrogen and oxygen atoms in total. The minimum Gasteiger partial charge on any atom is -0.178 e. The molecule has 0 bridgehead atoms. The van der Waals surface area contributed by atoms with E-state index in [2.05, 4.69) is 72.3 Å². The minimum absolute atomic E-state index is 0.321. The first-order valence-electron chi connectivity index (χ1n) is 4.08. The van der Waals surface area contributed by atoms with Crippen LogP contribution in [0.25, 0.3) is 0 Å². The predicted molar refractivity (Wildman–Crippen MR) is 78.1 cm³/mol. The summed E-state index contributed by atoms with van der Waals surface area (Å²) < 4.78 is 0.715. The van der Waals surface area contributed by atoms with Crippen molar-refractivity contribution in [2.24, 2.45) is 0 Å². The van der Waals surface area contributed by atoms with E-state index in [-0.39, 0.29) is 0 Å². The molecule has 1 spiro atoms. The van der Waals surface area contributed by atoms with Crippen LogP contribution in [0.2, 0.25) is 0 Å². The zero-order valence-electron chi connectivity index (χ0n) is 7.06. The first kappa shape index (κ1) is 11.6. The van der Waals surface area contributed by atoms with E-state index in [1.165, 1.54) is 17.3 Å². The van der Waals surface area contributed by atoms with Gasteiger partial charge in [0.05, 0.1) is 0 Å². The van der Waals surface area contributed by atoms with Gasteiger partial charge in [0.15, 0.2) is 2.74 Å². The number of hydrogen-bond donors (Lipinski definition) is 2. The maximum Gasteiger partial charge on any atom is 0.154 e. The quantitative estimate of drug-likeness (QED) is 0.749. The first-order chi connectivity index (χ1) is 6.24. The van der Waals surface area contributed by atoms with Crippen molar-refractivity contribution >= 4 is 72.3 Å². The third-order valence-corrected chi connectivity index (χ3v) is 11.8. The average Bonchev–Trinajstić information content (AvgIpc) is 2.76. The lowest BCUT2D eigenvalue weighted by Crippen LogP contribution is -2.29. The van der Waals surface area contributed by atoms with Crippen LogP contribution < -0.4 is 0 Å². The number of thiol groups is 2. The molecule has 2 fully saturated rings. The van der Waals surface area contributed by atoms with Gasteiger partial charge < -0.3 is 0 Å². The van der Waals surface area contributed by atoms with Crippen LogP contribution in [0.3, 0.4) is 0 Å². The van der Waals surface area contributed by atoms with Crippen molar-refractivity contribution in [2.45, 2.75) is 7.49 Å². The molecule has 0 radical (unpaired) electrons. The Bertz CT molecular complexity index is 179. The molecule has 2 aliphatic rings. The lowest BCUT2D eigenvalue weighted by Gasteiger charge is -2.26. The largest absolute Gasteiger partial charge is 0.178 e. The lowest BCUT2D eigenvalue weighted by atomic mass is 10.2. The van der Waals surface area contributed by atoms with Crippen molar-refractivity contribution in [3.8, 4) is 0 Å². The summed E-state index contributed by atoms with van der Waals surface area (Å²) >= 11 is 17.3. The van der Waals surface area contributed by atoms with Gasteiger partial charge >= 0.3 is 0 Å². The Balaban J connectivity index is 2.06. The highest BCUT2D eigenvalue weighted by Crippen LogP contribution is 2.68. The monoisotopic (exact) mass is 288 g/mol. The average molecular weight is 289 g/mol. The molecule has 0 aromatic carbocycles. The van der Waals surface area contributed by atoms with Crippen molar-refractivity contribution in [3.05, 3.63) is 0 Å². The Morgan fingerprint density at radius 2 is 1.62 bits per heavy atom. The second kappa shape index (κ2) is 4.53. The third kappa shape index (κ3) is 2.28. The molecule has 2 aliphatic heterocycles. The van der Waals surface area contributed by atoms with Crippen LogP contribution in [-0.4, -0.2) is 36.3 Å². The maximum absolute atomic E-state index is 4.46. The van der Waals surface area contributed by atoms with Gasteiger partial charge in [0.1, 0.15) is 0 Å². The molecule has 0 unspecified atom stereocenters.